The van der Waals surface area contributed by atoms with Gasteiger partial charge in [0.05, 0.1) is 11.1 Å². The van der Waals surface area contributed by atoms with Gasteiger partial charge in [-0.1, -0.05) is 6.92 Å². The van der Waals surface area contributed by atoms with E-state index in [1.54, 1.807) is 5.32 Å². The molecule has 0 spiro atoms. The van der Waals surface area contributed by atoms with Gasteiger partial charge in [-0.2, -0.15) is 13.2 Å². The van der Waals surface area contributed by atoms with Crippen LogP contribution in [0.2, 0.25) is 0 Å². The molecule has 1 fully saturated rings. The van der Waals surface area contributed by atoms with Gasteiger partial charge in [-0.3, -0.25) is 23.9 Å². The lowest BCUT2D eigenvalue weighted by atomic mass is 10.1. The van der Waals surface area contributed by atoms with Crippen LogP contribution in [-0.2, 0) is 4.79 Å². The van der Waals surface area contributed by atoms with Gasteiger partial charge >= 0.3 is 6.18 Å². The van der Waals surface area contributed by atoms with Crippen LogP contribution in [0.25, 0.3) is 16.7 Å². The number of anilines is 1. The predicted octanol–water partition coefficient (Wildman–Crippen LogP) is 4.25. The summed E-state index contributed by atoms with van der Waals surface area (Å²) in [5.41, 5.74) is -2.06. The zero-order chi connectivity index (χ0) is 26.2. The summed E-state index contributed by atoms with van der Waals surface area (Å²) in [6.07, 6.45) is -2.62. The number of amides is 2. The van der Waals surface area contributed by atoms with Crippen LogP contribution in [0.15, 0.2) is 41.3 Å². The molecule has 36 heavy (non-hydrogen) atoms. The number of carbonyl (C=O) groups excluding carboxylic acids is 2. The Labute approximate surface area is 201 Å². The number of halogens is 5. The Morgan fingerprint density at radius 3 is 2.53 bits per heavy atom. The quantitative estimate of drug-likeness (QED) is 0.523. The second-order valence-corrected chi connectivity index (χ2v) is 8.36. The van der Waals surface area contributed by atoms with E-state index in [1.807, 2.05) is 0 Å². The van der Waals surface area contributed by atoms with Crippen LogP contribution < -0.4 is 15.6 Å². The molecule has 0 aliphatic carbocycles. The van der Waals surface area contributed by atoms with Crippen molar-refractivity contribution in [2.75, 3.05) is 11.4 Å². The summed E-state index contributed by atoms with van der Waals surface area (Å²) >= 11 is 0. The molecule has 12 heteroatoms. The summed E-state index contributed by atoms with van der Waals surface area (Å²) in [6.45, 7) is 1.60. The first kappa shape index (κ1) is 25.3. The maximum atomic E-state index is 14.8. The minimum Gasteiger partial charge on any atom is -0.340 e. The van der Waals surface area contributed by atoms with E-state index in [2.05, 4.69) is 4.98 Å². The molecule has 4 rings (SSSR count). The molecule has 1 saturated heterocycles. The van der Waals surface area contributed by atoms with Gasteiger partial charge in [-0.25, -0.2) is 13.8 Å². The molecule has 0 saturated carbocycles. The fraction of sp³-hybridized carbons (Fsp3) is 0.333. The van der Waals surface area contributed by atoms with Crippen LogP contribution in [0.1, 0.15) is 43.0 Å². The van der Waals surface area contributed by atoms with Crippen molar-refractivity contribution in [2.45, 2.75) is 44.8 Å². The number of aromatic nitrogens is 2. The molecule has 3 heterocycles. The maximum absolute atomic E-state index is 14.8. The van der Waals surface area contributed by atoms with Gasteiger partial charge in [0.2, 0.25) is 11.3 Å². The van der Waals surface area contributed by atoms with E-state index in [0.717, 1.165) is 29.3 Å². The number of hydrogen-bond acceptors (Lipinski definition) is 4. The summed E-state index contributed by atoms with van der Waals surface area (Å²) in [7, 11) is 0. The first-order valence-corrected chi connectivity index (χ1v) is 11.2. The normalized spacial score (nSPS) is 15.3. The molecule has 2 aromatic heterocycles. The Balaban J connectivity index is 1.92. The third kappa shape index (κ3) is 4.79. The number of rotatable bonds is 5. The average molecular weight is 508 g/mol. The highest BCUT2D eigenvalue weighted by molar-refractivity contribution is 5.98. The molecular formula is C24H21F5N4O3. The van der Waals surface area contributed by atoms with Crippen LogP contribution >= 0.6 is 0 Å². The highest BCUT2D eigenvalue weighted by atomic mass is 19.4. The van der Waals surface area contributed by atoms with Crippen molar-refractivity contribution in [1.29, 1.82) is 0 Å². The van der Waals surface area contributed by atoms with Gasteiger partial charge in [0.15, 0.2) is 5.65 Å². The lowest BCUT2D eigenvalue weighted by Crippen LogP contribution is -2.46. The van der Waals surface area contributed by atoms with Crippen LogP contribution in [0.5, 0.6) is 0 Å². The average Bonchev–Trinajstić information content (AvgIpc) is 2.82. The number of nitrogens with zero attached hydrogens (tertiary/aromatic N) is 3. The van der Waals surface area contributed by atoms with Crippen LogP contribution in [0, 0.1) is 11.6 Å². The fourth-order valence-electron chi connectivity index (χ4n) is 4.07. The fourth-order valence-corrected chi connectivity index (χ4v) is 4.07. The number of hydrogen-bond donors (Lipinski definition) is 1. The molecule has 1 unspecified atom stereocenters. The predicted molar refractivity (Wildman–Crippen MR) is 121 cm³/mol. The lowest BCUT2D eigenvalue weighted by molar-refractivity contribution is -0.153. The van der Waals surface area contributed by atoms with Crippen LogP contribution in [0.4, 0.5) is 27.8 Å². The molecule has 1 aromatic carbocycles. The van der Waals surface area contributed by atoms with Crippen molar-refractivity contribution < 1.29 is 31.5 Å². The number of fused-ring (bicyclic) bond motifs is 1. The molecule has 0 radical (unpaired) electrons. The Morgan fingerprint density at radius 2 is 1.89 bits per heavy atom. The summed E-state index contributed by atoms with van der Waals surface area (Å²) in [6, 6.07) is 3.01. The van der Waals surface area contributed by atoms with Gasteiger partial charge < -0.3 is 5.32 Å². The second kappa shape index (κ2) is 9.67. The van der Waals surface area contributed by atoms with Gasteiger partial charge in [0.1, 0.15) is 29.1 Å². The first-order valence-electron chi connectivity index (χ1n) is 11.2. The monoisotopic (exact) mass is 508 g/mol. The zero-order valence-electron chi connectivity index (χ0n) is 19.0. The Kier molecular flexibility index (Phi) is 6.79. The van der Waals surface area contributed by atoms with Crippen molar-refractivity contribution in [3.63, 3.8) is 0 Å². The molecular weight excluding hydrogens is 487 g/mol. The van der Waals surface area contributed by atoms with Crippen molar-refractivity contribution in [1.82, 2.24) is 14.9 Å². The van der Waals surface area contributed by atoms with E-state index in [-0.39, 0.29) is 28.4 Å². The van der Waals surface area contributed by atoms with Crippen molar-refractivity contribution in [3.05, 3.63) is 63.9 Å². The van der Waals surface area contributed by atoms with Crippen molar-refractivity contribution in [2.24, 2.45) is 0 Å². The summed E-state index contributed by atoms with van der Waals surface area (Å²) in [5, 5.41) is 1.60. The van der Waals surface area contributed by atoms with Crippen molar-refractivity contribution in [3.8, 4) is 5.69 Å². The molecule has 2 amide bonds. The summed E-state index contributed by atoms with van der Waals surface area (Å²) < 4.78 is 68.9. The number of benzene rings is 1. The highest BCUT2D eigenvalue weighted by Crippen LogP contribution is 2.26. The van der Waals surface area contributed by atoms with E-state index < -0.39 is 47.2 Å². The van der Waals surface area contributed by atoms with E-state index >= 15 is 0 Å². The molecule has 3 aromatic rings. The van der Waals surface area contributed by atoms with Crippen LogP contribution in [-0.4, -0.2) is 40.1 Å². The zero-order valence-corrected chi connectivity index (χ0v) is 19.0. The molecule has 1 N–H and O–H groups in total. The molecule has 1 aliphatic rings. The minimum atomic E-state index is -4.75. The SMILES string of the molecule is CCC(NC(=O)c1cn(-c2ccc(F)cc2F)c2nc(N3CCCCC3=O)ccc2c1=O)C(F)(F)F. The molecule has 7 nitrogen and oxygen atoms in total. The third-order valence-electron chi connectivity index (χ3n) is 5.96. The van der Waals surface area contributed by atoms with Gasteiger partial charge in [-0.05, 0) is 43.5 Å². The van der Waals surface area contributed by atoms with Crippen molar-refractivity contribution >= 4 is 28.7 Å². The number of nitrogens with one attached hydrogen (secondary N) is 1. The standard InChI is InChI=1S/C24H21F5N4O3/c1-2-18(24(27,28)29)30-23(36)15-12-33(17-8-6-13(25)11-16(17)26)22-14(21(15)35)7-9-19(31-22)32-10-4-3-5-20(32)34/h6-9,11-12,18H,2-5,10H2,1H3,(H,30,36). The largest absolute Gasteiger partial charge is 0.408 e. The number of pyridine rings is 2. The highest BCUT2D eigenvalue weighted by Gasteiger charge is 2.39. The topological polar surface area (TPSA) is 84.3 Å². The Hall–Kier alpha value is -3.83. The van der Waals surface area contributed by atoms with E-state index in [4.69, 9.17) is 0 Å². The smallest absolute Gasteiger partial charge is 0.340 e. The Bertz CT molecular complexity index is 1400. The Morgan fingerprint density at radius 1 is 1.14 bits per heavy atom. The third-order valence-corrected chi connectivity index (χ3v) is 5.96. The lowest BCUT2D eigenvalue weighted by Gasteiger charge is -2.26. The first-order chi connectivity index (χ1) is 17.0. The molecule has 1 atom stereocenters. The number of carbonyl (C=O) groups is 2. The van der Waals surface area contributed by atoms with Gasteiger partial charge in [-0.15, -0.1) is 0 Å². The van der Waals surface area contributed by atoms with Crippen LogP contribution in [0.3, 0.4) is 0 Å². The maximum Gasteiger partial charge on any atom is 0.408 e. The minimum absolute atomic E-state index is 0.152. The summed E-state index contributed by atoms with van der Waals surface area (Å²) in [4.78, 5) is 44.0. The summed E-state index contributed by atoms with van der Waals surface area (Å²) in [5.74, 6) is -3.26. The second-order valence-electron chi connectivity index (χ2n) is 8.36. The molecule has 190 valence electrons. The van der Waals surface area contributed by atoms with E-state index in [0.29, 0.717) is 25.5 Å². The van der Waals surface area contributed by atoms with E-state index in [1.165, 1.54) is 24.0 Å². The van der Waals surface area contributed by atoms with Gasteiger partial charge in [0, 0.05) is 25.2 Å². The van der Waals surface area contributed by atoms with Gasteiger partial charge in [0.25, 0.3) is 5.91 Å². The number of piperidine rings is 1. The molecule has 0 bridgehead atoms. The molecule has 1 aliphatic heterocycles. The number of alkyl halides is 3. The van der Waals surface area contributed by atoms with E-state index in [9.17, 15) is 36.3 Å².